The Balaban J connectivity index is 1.93. The number of hydrogen-bond acceptors (Lipinski definition) is 3. The molecular formula is C16H26N2O2. The van der Waals surface area contributed by atoms with Crippen LogP contribution in [-0.2, 0) is 17.7 Å². The minimum atomic E-state index is 0.0754. The van der Waals surface area contributed by atoms with Gasteiger partial charge in [0.15, 0.2) is 5.78 Å². The van der Waals surface area contributed by atoms with Crippen molar-refractivity contribution in [3.05, 3.63) is 23.5 Å². The summed E-state index contributed by atoms with van der Waals surface area (Å²) in [7, 11) is 4.08. The number of aromatic nitrogens is 1. The van der Waals surface area contributed by atoms with Crippen molar-refractivity contribution < 1.29 is 9.53 Å². The second-order valence-corrected chi connectivity index (χ2v) is 6.73. The van der Waals surface area contributed by atoms with E-state index in [4.69, 9.17) is 4.74 Å². The zero-order chi connectivity index (χ0) is 14.8. The lowest BCUT2D eigenvalue weighted by Crippen LogP contribution is -2.28. The Morgan fingerprint density at radius 1 is 1.30 bits per heavy atom. The molecule has 0 atom stereocenters. The lowest BCUT2D eigenvalue weighted by molar-refractivity contribution is 0.0904. The molecular weight excluding hydrogens is 252 g/mol. The van der Waals surface area contributed by atoms with Gasteiger partial charge in [0.1, 0.15) is 0 Å². The van der Waals surface area contributed by atoms with Gasteiger partial charge in [-0.15, -0.1) is 0 Å². The summed E-state index contributed by atoms with van der Waals surface area (Å²) in [4.78, 5) is 14.2. The summed E-state index contributed by atoms with van der Waals surface area (Å²) >= 11 is 0. The summed E-state index contributed by atoms with van der Waals surface area (Å²) < 4.78 is 7.82. The topological polar surface area (TPSA) is 34.5 Å². The first-order valence-corrected chi connectivity index (χ1v) is 7.33. The average Bonchev–Trinajstić information content (AvgIpc) is 2.70. The van der Waals surface area contributed by atoms with E-state index in [1.165, 1.54) is 5.69 Å². The highest BCUT2D eigenvalue weighted by atomic mass is 16.5. The number of carbonyl (C=O) groups is 1. The summed E-state index contributed by atoms with van der Waals surface area (Å²) in [5, 5.41) is 0. The van der Waals surface area contributed by atoms with Crippen LogP contribution in [-0.4, -0.2) is 49.1 Å². The van der Waals surface area contributed by atoms with Gasteiger partial charge in [0.05, 0.1) is 13.2 Å². The Hall–Kier alpha value is -1.13. The number of ketones is 1. The number of hydrogen-bond donors (Lipinski definition) is 0. The van der Waals surface area contributed by atoms with Gasteiger partial charge < -0.3 is 14.2 Å². The highest BCUT2D eigenvalue weighted by Gasteiger charge is 2.32. The van der Waals surface area contributed by atoms with Gasteiger partial charge in [-0.2, -0.15) is 0 Å². The van der Waals surface area contributed by atoms with Gasteiger partial charge in [0.25, 0.3) is 0 Å². The monoisotopic (exact) mass is 278 g/mol. The highest BCUT2D eigenvalue weighted by Crippen LogP contribution is 2.35. The van der Waals surface area contributed by atoms with Crippen molar-refractivity contribution in [3.63, 3.8) is 0 Å². The molecule has 1 heterocycles. The summed E-state index contributed by atoms with van der Waals surface area (Å²) in [6.45, 7) is 7.55. The Labute approximate surface area is 121 Å². The molecule has 2 rings (SSSR count). The number of Topliss-reactive ketones (excluding diaryl/α,β-unsaturated/α-hetero) is 1. The Kier molecular flexibility index (Phi) is 4.66. The fourth-order valence-corrected chi connectivity index (χ4v) is 2.72. The molecule has 0 radical (unpaired) electrons. The number of carbonyl (C=O) groups excluding carboxylic acids is 1. The molecule has 20 heavy (non-hydrogen) atoms. The lowest BCUT2D eigenvalue weighted by atomic mass is 9.76. The predicted molar refractivity (Wildman–Crippen MR) is 80.2 cm³/mol. The van der Waals surface area contributed by atoms with E-state index in [2.05, 4.69) is 23.3 Å². The van der Waals surface area contributed by atoms with E-state index in [1.807, 2.05) is 26.4 Å². The maximum atomic E-state index is 12.1. The second kappa shape index (κ2) is 6.10. The van der Waals surface area contributed by atoms with Crippen LogP contribution in [0.15, 0.2) is 12.3 Å². The lowest BCUT2D eigenvalue weighted by Gasteiger charge is -2.29. The molecule has 0 bridgehead atoms. The maximum Gasteiger partial charge on any atom is 0.165 e. The third-order valence-corrected chi connectivity index (χ3v) is 3.82. The number of fused-ring (bicyclic) bond motifs is 1. The standard InChI is InChI=1S/C16H26N2O2/c1-16(2)11-14-13(15(19)12-16)5-6-18(14)8-10-20-9-7-17(3)4/h5-6H,7-12H2,1-4H3. The van der Waals surface area contributed by atoms with Gasteiger partial charge in [-0.25, -0.2) is 0 Å². The molecule has 0 saturated heterocycles. The van der Waals surface area contributed by atoms with E-state index in [1.54, 1.807) is 0 Å². The number of likely N-dealkylation sites (N-methyl/N-ethyl adjacent to an activating group) is 1. The van der Waals surface area contributed by atoms with E-state index < -0.39 is 0 Å². The molecule has 1 aliphatic carbocycles. The molecule has 0 spiro atoms. The van der Waals surface area contributed by atoms with Crippen molar-refractivity contribution >= 4 is 5.78 Å². The number of rotatable bonds is 6. The van der Waals surface area contributed by atoms with E-state index in [0.29, 0.717) is 13.0 Å². The van der Waals surface area contributed by atoms with E-state index in [0.717, 1.165) is 31.7 Å². The molecule has 1 aromatic heterocycles. The molecule has 4 nitrogen and oxygen atoms in total. The third kappa shape index (κ3) is 3.70. The van der Waals surface area contributed by atoms with E-state index in [9.17, 15) is 4.79 Å². The molecule has 0 N–H and O–H groups in total. The van der Waals surface area contributed by atoms with Crippen molar-refractivity contribution in [2.45, 2.75) is 33.2 Å². The van der Waals surface area contributed by atoms with Crippen molar-refractivity contribution in [1.29, 1.82) is 0 Å². The smallest absolute Gasteiger partial charge is 0.165 e. The molecule has 112 valence electrons. The van der Waals surface area contributed by atoms with Crippen LogP contribution in [0.2, 0.25) is 0 Å². The van der Waals surface area contributed by atoms with Crippen LogP contribution in [0.1, 0.15) is 36.3 Å². The van der Waals surface area contributed by atoms with E-state index in [-0.39, 0.29) is 11.2 Å². The zero-order valence-electron chi connectivity index (χ0n) is 13.1. The van der Waals surface area contributed by atoms with Crippen molar-refractivity contribution in [2.24, 2.45) is 5.41 Å². The van der Waals surface area contributed by atoms with Crippen LogP contribution in [0.25, 0.3) is 0 Å². The maximum absolute atomic E-state index is 12.1. The van der Waals surface area contributed by atoms with Crippen LogP contribution in [0, 0.1) is 5.41 Å². The van der Waals surface area contributed by atoms with Gasteiger partial charge in [-0.1, -0.05) is 13.8 Å². The second-order valence-electron chi connectivity index (χ2n) is 6.73. The average molecular weight is 278 g/mol. The van der Waals surface area contributed by atoms with Gasteiger partial charge in [0, 0.05) is 37.0 Å². The van der Waals surface area contributed by atoms with Crippen molar-refractivity contribution in [2.75, 3.05) is 33.9 Å². The van der Waals surface area contributed by atoms with Gasteiger partial charge in [-0.3, -0.25) is 4.79 Å². The van der Waals surface area contributed by atoms with Crippen LogP contribution in [0.5, 0.6) is 0 Å². The van der Waals surface area contributed by atoms with Gasteiger partial charge in [0.2, 0.25) is 0 Å². The van der Waals surface area contributed by atoms with Crippen LogP contribution < -0.4 is 0 Å². The molecule has 1 aromatic rings. The molecule has 1 aliphatic rings. The van der Waals surface area contributed by atoms with E-state index >= 15 is 0 Å². The fourth-order valence-electron chi connectivity index (χ4n) is 2.72. The molecule has 0 fully saturated rings. The normalized spacial score (nSPS) is 17.6. The quantitative estimate of drug-likeness (QED) is 0.748. The molecule has 0 unspecified atom stereocenters. The first-order chi connectivity index (χ1) is 9.39. The zero-order valence-corrected chi connectivity index (χ0v) is 13.1. The first kappa shape index (κ1) is 15.3. The van der Waals surface area contributed by atoms with Gasteiger partial charge >= 0.3 is 0 Å². The minimum absolute atomic E-state index is 0.0754. The molecule has 0 amide bonds. The van der Waals surface area contributed by atoms with Crippen LogP contribution >= 0.6 is 0 Å². The van der Waals surface area contributed by atoms with Crippen LogP contribution in [0.4, 0.5) is 0 Å². The Morgan fingerprint density at radius 3 is 2.75 bits per heavy atom. The largest absolute Gasteiger partial charge is 0.378 e. The highest BCUT2D eigenvalue weighted by molar-refractivity contribution is 5.98. The van der Waals surface area contributed by atoms with Crippen molar-refractivity contribution in [1.82, 2.24) is 9.47 Å². The summed E-state index contributed by atoms with van der Waals surface area (Å²) in [5.41, 5.74) is 2.17. The number of ether oxygens (including phenoxy) is 1. The Bertz CT molecular complexity index is 475. The molecule has 0 aliphatic heterocycles. The third-order valence-electron chi connectivity index (χ3n) is 3.82. The van der Waals surface area contributed by atoms with Crippen LogP contribution in [0.3, 0.4) is 0 Å². The van der Waals surface area contributed by atoms with Crippen molar-refractivity contribution in [3.8, 4) is 0 Å². The first-order valence-electron chi connectivity index (χ1n) is 7.33. The summed E-state index contributed by atoms with van der Waals surface area (Å²) in [5.74, 6) is 0.281. The summed E-state index contributed by atoms with van der Waals surface area (Å²) in [6, 6.07) is 1.97. The SMILES string of the molecule is CN(C)CCOCCn1ccc2c1CC(C)(C)CC2=O. The molecule has 0 saturated carbocycles. The Morgan fingerprint density at radius 2 is 2.05 bits per heavy atom. The number of nitrogens with zero attached hydrogens (tertiary/aromatic N) is 2. The molecule has 4 heteroatoms. The predicted octanol–water partition coefficient (Wildman–Crippen LogP) is 2.22. The fraction of sp³-hybridized carbons (Fsp3) is 0.688. The minimum Gasteiger partial charge on any atom is -0.378 e. The molecule has 0 aromatic carbocycles. The summed E-state index contributed by atoms with van der Waals surface area (Å²) in [6.07, 6.45) is 3.65. The van der Waals surface area contributed by atoms with Gasteiger partial charge in [-0.05, 0) is 32.0 Å².